The molecule has 0 saturated heterocycles. The van der Waals surface area contributed by atoms with Crippen LogP contribution in [-0.2, 0) is 6.00 Å². The van der Waals surface area contributed by atoms with E-state index in [9.17, 15) is 4.11 Å². The van der Waals surface area contributed by atoms with Gasteiger partial charge in [-0.2, -0.15) is 0 Å². The zero-order valence-corrected chi connectivity index (χ0v) is 26.5. The summed E-state index contributed by atoms with van der Waals surface area (Å²) in [5.41, 5.74) is 4.90. The molecule has 0 radical (unpaired) electrons. The molecule has 6 aromatic rings. The third-order valence-corrected chi connectivity index (χ3v) is 9.48. The van der Waals surface area contributed by atoms with Crippen LogP contribution in [0.2, 0.25) is 19.6 Å². The number of aryl methyl sites for hydroxylation is 1. The Bertz CT molecular complexity index is 2120. The number of nitrogens with zero attached hydrogens (tertiary/aromatic N) is 2. The molecule has 0 bridgehead atoms. The first-order chi connectivity index (χ1) is 21.9. The van der Waals surface area contributed by atoms with Crippen molar-refractivity contribution in [1.82, 2.24) is 9.97 Å². The summed E-state index contributed by atoms with van der Waals surface area (Å²) in [5.74, 6) is -3.18. The first-order valence-electron chi connectivity index (χ1n) is 17.2. The minimum absolute atomic E-state index is 0.0608. The number of rotatable bonds is 7. The van der Waals surface area contributed by atoms with Crippen LogP contribution in [0.1, 0.15) is 58.5 Å². The molecule has 0 aliphatic heterocycles. The Labute approximate surface area is 257 Å². The predicted molar refractivity (Wildman–Crippen MR) is 180 cm³/mol. The van der Waals surface area contributed by atoms with E-state index in [0.29, 0.717) is 33.6 Å². The molecule has 0 amide bonds. The molecule has 0 saturated carbocycles. The zero-order valence-electron chi connectivity index (χ0n) is 30.7. The van der Waals surface area contributed by atoms with Crippen molar-refractivity contribution in [2.24, 2.45) is 11.8 Å². The maximum absolute atomic E-state index is 9.63. The lowest BCUT2D eigenvalue weighted by molar-refractivity contribution is 0.386. The fourth-order valence-corrected chi connectivity index (χ4v) is 7.84. The molecule has 3 heterocycles. The van der Waals surface area contributed by atoms with E-state index in [1.807, 2.05) is 102 Å². The summed E-state index contributed by atoms with van der Waals surface area (Å²) in [7, 11) is -2.40. The molecule has 0 unspecified atom stereocenters. The average Bonchev–Trinajstić information content (AvgIpc) is 3.61. The van der Waals surface area contributed by atoms with Gasteiger partial charge in [0.2, 0.25) is 0 Å². The summed E-state index contributed by atoms with van der Waals surface area (Å²) in [5, 5.41) is 2.45. The van der Waals surface area contributed by atoms with Gasteiger partial charge in [-0.05, 0) is 77.6 Å². The largest absolute Gasteiger partial charge is 0.453 e. The summed E-state index contributed by atoms with van der Waals surface area (Å²) in [6.07, 6.45) is 1.38. The molecule has 0 aliphatic rings. The van der Waals surface area contributed by atoms with Crippen molar-refractivity contribution >= 4 is 51.6 Å². The first kappa shape index (κ1) is 21.4. The van der Waals surface area contributed by atoms with Gasteiger partial charge in [0.15, 0.2) is 5.58 Å². The van der Waals surface area contributed by atoms with Gasteiger partial charge in [0.1, 0.15) is 16.1 Å². The molecule has 41 heavy (non-hydrogen) atoms. The number of furan rings is 1. The highest BCUT2D eigenvalue weighted by Gasteiger charge is 2.25. The molecule has 0 spiro atoms. The Hall–Kier alpha value is -3.28. The number of fused-ring (bicyclic) bond motifs is 5. The predicted octanol–water partition coefficient (Wildman–Crippen LogP) is 11.0. The Morgan fingerprint density at radius 2 is 1.71 bits per heavy atom. The number of hydrogen-bond acceptors (Lipinski definition) is 4. The van der Waals surface area contributed by atoms with Crippen molar-refractivity contribution in [1.29, 1.82) is 0 Å². The molecular weight excluding hydrogens is 537 g/mol. The number of pyridine rings is 1. The van der Waals surface area contributed by atoms with Crippen LogP contribution in [0.5, 0.6) is 0 Å². The molecule has 3 aromatic heterocycles. The molecule has 0 N–H and O–H groups in total. The van der Waals surface area contributed by atoms with Crippen molar-refractivity contribution in [2.45, 2.75) is 66.1 Å². The maximum atomic E-state index is 9.63. The lowest BCUT2D eigenvalue weighted by Gasteiger charge is -2.27. The second-order valence-corrected chi connectivity index (χ2v) is 18.2. The first-order valence-corrected chi connectivity index (χ1v) is 18.5. The van der Waals surface area contributed by atoms with Gasteiger partial charge in [-0.25, -0.2) is 4.98 Å². The summed E-state index contributed by atoms with van der Waals surface area (Å²) < 4.78 is 60.8. The lowest BCUT2D eigenvalue weighted by atomic mass is 9.78. The number of thiazole rings is 1. The monoisotopic (exact) mass is 582 g/mol. The molecule has 3 nitrogen and oxygen atoms in total. The SMILES string of the molecule is [2H]C([2H])([2H])c1cnc(-c2cc(C([2H])([2H])[Si](C)(C)C)cc3c2oc2c3ccc3sc(-c4ccccc4)nc32)cc1C([2H])(C(C)C)C(C)C. The second kappa shape index (κ2) is 10.5. The average molecular weight is 583 g/mol. The lowest BCUT2D eigenvalue weighted by Crippen LogP contribution is -2.23. The van der Waals surface area contributed by atoms with Gasteiger partial charge in [-0.1, -0.05) is 77.7 Å². The van der Waals surface area contributed by atoms with Gasteiger partial charge in [0, 0.05) is 44.4 Å². The van der Waals surface area contributed by atoms with Gasteiger partial charge in [0.25, 0.3) is 0 Å². The second-order valence-electron chi connectivity index (χ2n) is 12.4. The number of aromatic nitrogens is 2. The van der Waals surface area contributed by atoms with Gasteiger partial charge >= 0.3 is 0 Å². The fraction of sp³-hybridized carbons (Fsp3) is 0.333. The van der Waals surface area contributed by atoms with Crippen LogP contribution < -0.4 is 0 Å². The van der Waals surface area contributed by atoms with Crippen LogP contribution in [-0.4, -0.2) is 18.0 Å². The van der Waals surface area contributed by atoms with Crippen LogP contribution in [0.3, 0.4) is 0 Å². The van der Waals surface area contributed by atoms with Gasteiger partial charge in [-0.3, -0.25) is 4.98 Å². The molecule has 0 fully saturated rings. The van der Waals surface area contributed by atoms with Crippen molar-refractivity contribution in [3.63, 3.8) is 0 Å². The Morgan fingerprint density at radius 1 is 0.951 bits per heavy atom. The van der Waals surface area contributed by atoms with Crippen LogP contribution >= 0.6 is 11.3 Å². The molecular formula is C36H40N2OSSi. The van der Waals surface area contributed by atoms with Crippen molar-refractivity contribution in [3.8, 4) is 21.8 Å². The maximum Gasteiger partial charge on any atom is 0.162 e. The Kier molecular flexibility index (Phi) is 5.50. The van der Waals surface area contributed by atoms with E-state index < -0.39 is 26.8 Å². The topological polar surface area (TPSA) is 38.9 Å². The normalized spacial score (nSPS) is 15.7. The van der Waals surface area contributed by atoms with Crippen LogP contribution in [0.15, 0.2) is 71.3 Å². The highest BCUT2D eigenvalue weighted by Crippen LogP contribution is 2.43. The minimum Gasteiger partial charge on any atom is -0.453 e. The fourth-order valence-electron chi connectivity index (χ4n) is 5.86. The summed E-state index contributed by atoms with van der Waals surface area (Å²) >= 11 is 1.59. The standard InChI is InChI=1S/C36H40N2OSSi/c1-21(2)32(22(3)4)27-18-30(37-19-23(27)5)29-17-24(20-41(6,7)8)16-28-26-14-15-31-33(35(26)39-34(28)29)38-36(40-31)25-12-10-9-11-13-25/h9-19,21-22,32H,20H2,1-8H3/i5D3,20D2,32D. The van der Waals surface area contributed by atoms with Crippen molar-refractivity contribution < 1.29 is 12.6 Å². The van der Waals surface area contributed by atoms with Crippen molar-refractivity contribution in [2.75, 3.05) is 0 Å². The Morgan fingerprint density at radius 3 is 2.39 bits per heavy atom. The highest BCUT2D eigenvalue weighted by atomic mass is 32.1. The van der Waals surface area contributed by atoms with Gasteiger partial charge in [-0.15, -0.1) is 11.3 Å². The number of benzene rings is 3. The number of hydrogen-bond donors (Lipinski definition) is 0. The van der Waals surface area contributed by atoms with E-state index in [-0.39, 0.29) is 17.4 Å². The molecule has 0 aliphatic carbocycles. The van der Waals surface area contributed by atoms with Crippen molar-refractivity contribution in [3.05, 3.63) is 83.6 Å². The Balaban J connectivity index is 1.70. The van der Waals surface area contributed by atoms with Gasteiger partial charge in [0.05, 0.1) is 10.4 Å². The smallest absolute Gasteiger partial charge is 0.162 e. The molecule has 3 aromatic carbocycles. The highest BCUT2D eigenvalue weighted by molar-refractivity contribution is 7.21. The van der Waals surface area contributed by atoms with Crippen LogP contribution in [0.4, 0.5) is 0 Å². The zero-order chi connectivity index (χ0) is 34.3. The van der Waals surface area contributed by atoms with E-state index in [0.717, 1.165) is 31.6 Å². The van der Waals surface area contributed by atoms with E-state index in [4.69, 9.17) is 18.5 Å². The van der Waals surface area contributed by atoms with Crippen LogP contribution in [0.25, 0.3) is 54.0 Å². The molecule has 6 rings (SSSR count). The van der Waals surface area contributed by atoms with E-state index in [2.05, 4.69) is 0 Å². The molecule has 5 heteroatoms. The van der Waals surface area contributed by atoms with E-state index in [1.165, 1.54) is 6.20 Å². The van der Waals surface area contributed by atoms with Gasteiger partial charge < -0.3 is 4.42 Å². The summed E-state index contributed by atoms with van der Waals surface area (Å²) in [6, 6.07) is 19.5. The third kappa shape index (κ3) is 5.26. The quantitative estimate of drug-likeness (QED) is 0.176. The van der Waals surface area contributed by atoms with E-state index >= 15 is 0 Å². The third-order valence-electron chi connectivity index (χ3n) is 7.37. The summed E-state index contributed by atoms with van der Waals surface area (Å²) in [6.45, 7) is 11.3. The van der Waals surface area contributed by atoms with Crippen LogP contribution in [0, 0.1) is 18.7 Å². The molecule has 0 atom stereocenters. The van der Waals surface area contributed by atoms with E-state index in [1.54, 1.807) is 17.4 Å². The summed E-state index contributed by atoms with van der Waals surface area (Å²) in [4.78, 5) is 9.69. The molecule has 210 valence electrons. The minimum atomic E-state index is -2.46.